The van der Waals surface area contributed by atoms with Gasteiger partial charge in [0.15, 0.2) is 11.6 Å². The molecule has 2 aliphatic rings. The van der Waals surface area contributed by atoms with Crippen molar-refractivity contribution in [1.29, 1.82) is 0 Å². The average molecular weight is 645 g/mol. The summed E-state index contributed by atoms with van der Waals surface area (Å²) in [5.41, 5.74) is 4.66. The minimum atomic E-state index is -0.563. The summed E-state index contributed by atoms with van der Waals surface area (Å²) >= 11 is 0. The summed E-state index contributed by atoms with van der Waals surface area (Å²) in [6, 6.07) is 11.5. The van der Waals surface area contributed by atoms with Gasteiger partial charge < -0.3 is 29.2 Å². The zero-order valence-corrected chi connectivity index (χ0v) is 28.6. The number of ether oxygens (including phenoxy) is 2. The lowest BCUT2D eigenvalue weighted by Crippen LogP contribution is -2.39. The van der Waals surface area contributed by atoms with Crippen molar-refractivity contribution in [3.8, 4) is 22.8 Å². The van der Waals surface area contributed by atoms with Gasteiger partial charge in [-0.15, -0.1) is 10.2 Å². The number of benzene rings is 2. The van der Waals surface area contributed by atoms with Crippen LogP contribution in [0.3, 0.4) is 0 Å². The Morgan fingerprint density at radius 2 is 1.26 bits per heavy atom. The highest BCUT2D eigenvalue weighted by molar-refractivity contribution is 5.81. The molecule has 0 saturated heterocycles. The molecule has 0 saturated carbocycles. The molecule has 0 spiro atoms. The zero-order valence-electron chi connectivity index (χ0n) is 28.6. The van der Waals surface area contributed by atoms with Crippen LogP contribution in [0, 0.1) is 5.82 Å². The highest BCUT2D eigenvalue weighted by Crippen LogP contribution is 2.36. The largest absolute Gasteiger partial charge is 0.444 e. The van der Waals surface area contributed by atoms with Gasteiger partial charge in [0.25, 0.3) is 0 Å². The van der Waals surface area contributed by atoms with Gasteiger partial charge in [0.1, 0.15) is 17.0 Å². The van der Waals surface area contributed by atoms with E-state index in [0.717, 1.165) is 28.7 Å². The summed E-state index contributed by atoms with van der Waals surface area (Å²) in [7, 11) is 3.58. The van der Waals surface area contributed by atoms with Crippen LogP contribution in [0.1, 0.15) is 65.5 Å². The number of amides is 2. The predicted molar refractivity (Wildman–Crippen MR) is 182 cm³/mol. The van der Waals surface area contributed by atoms with Gasteiger partial charge in [0, 0.05) is 51.5 Å². The van der Waals surface area contributed by atoms with Gasteiger partial charge in [0.05, 0.1) is 5.56 Å². The maximum atomic E-state index is 15.9. The Kier molecular flexibility index (Phi) is 9.47. The monoisotopic (exact) mass is 644 g/mol. The fourth-order valence-corrected chi connectivity index (χ4v) is 5.70. The number of carbonyl (C=O) groups excluding carboxylic acids is 2. The van der Waals surface area contributed by atoms with Crippen LogP contribution in [0.15, 0.2) is 48.6 Å². The van der Waals surface area contributed by atoms with Crippen LogP contribution in [0.2, 0.25) is 0 Å². The molecule has 5 rings (SSSR count). The summed E-state index contributed by atoms with van der Waals surface area (Å²) in [4.78, 5) is 28.3. The van der Waals surface area contributed by atoms with Gasteiger partial charge >= 0.3 is 12.2 Å². The average Bonchev–Trinajstić information content (AvgIpc) is 3.39. The fraction of sp³-hybridized carbons (Fsp3) is 0.444. The van der Waals surface area contributed by atoms with Crippen molar-refractivity contribution in [3.63, 3.8) is 0 Å². The molecule has 3 aromatic rings. The van der Waals surface area contributed by atoms with E-state index in [1.165, 1.54) is 11.6 Å². The normalized spacial score (nSPS) is 15.6. The molecule has 3 heterocycles. The quantitative estimate of drug-likeness (QED) is 0.309. The molecule has 10 nitrogen and oxygen atoms in total. The molecule has 1 aromatic heterocycles. The number of hydrogen-bond donors (Lipinski definition) is 1. The van der Waals surface area contributed by atoms with E-state index in [-0.39, 0.29) is 12.2 Å². The molecule has 2 aromatic carbocycles. The molecule has 2 aliphatic heterocycles. The second kappa shape index (κ2) is 13.2. The van der Waals surface area contributed by atoms with Crippen LogP contribution in [-0.2, 0) is 16.5 Å². The second-order valence-electron chi connectivity index (χ2n) is 13.9. The third-order valence-electron chi connectivity index (χ3n) is 8.06. The Morgan fingerprint density at radius 1 is 0.766 bits per heavy atom. The Hall–Kier alpha value is -4.67. The summed E-state index contributed by atoms with van der Waals surface area (Å²) in [5.74, 6) is 0.607. The van der Waals surface area contributed by atoms with E-state index in [4.69, 9.17) is 9.47 Å². The minimum Gasteiger partial charge on any atom is -0.444 e. The number of nitrogens with one attached hydrogen (secondary N) is 1. The zero-order chi connectivity index (χ0) is 34.1. The van der Waals surface area contributed by atoms with Crippen LogP contribution in [0.25, 0.3) is 33.9 Å². The Bertz CT molecular complexity index is 1710. The molecule has 250 valence electrons. The second-order valence-corrected chi connectivity index (χ2v) is 13.9. The van der Waals surface area contributed by atoms with Gasteiger partial charge in [-0.2, -0.15) is 0 Å². The third kappa shape index (κ3) is 7.84. The Morgan fingerprint density at radius 3 is 1.72 bits per heavy atom. The van der Waals surface area contributed by atoms with Gasteiger partial charge in [-0.1, -0.05) is 36.4 Å². The van der Waals surface area contributed by atoms with E-state index in [2.05, 4.69) is 21.6 Å². The summed E-state index contributed by atoms with van der Waals surface area (Å²) in [6.45, 7) is 13.1. The van der Waals surface area contributed by atoms with Crippen molar-refractivity contribution in [2.24, 2.45) is 7.05 Å². The highest BCUT2D eigenvalue weighted by atomic mass is 19.1. The lowest BCUT2D eigenvalue weighted by molar-refractivity contribution is 0.0260. The Labute approximate surface area is 276 Å². The van der Waals surface area contributed by atoms with Crippen LogP contribution < -0.4 is 5.32 Å². The Balaban J connectivity index is 1.31. The minimum absolute atomic E-state index is 0.300. The molecule has 11 heteroatoms. The number of hydrogen-bond acceptors (Lipinski definition) is 7. The molecule has 0 unspecified atom stereocenters. The number of anilines is 1. The molecule has 2 amide bonds. The van der Waals surface area contributed by atoms with Crippen molar-refractivity contribution in [1.82, 2.24) is 24.6 Å². The van der Waals surface area contributed by atoms with E-state index in [1.807, 2.05) is 85.0 Å². The smallest absolute Gasteiger partial charge is 0.410 e. The van der Waals surface area contributed by atoms with Gasteiger partial charge in [0.2, 0.25) is 0 Å². The molecule has 1 N–H and O–H groups in total. The first-order valence-corrected chi connectivity index (χ1v) is 16.0. The highest BCUT2D eigenvalue weighted by Gasteiger charge is 2.27. The first-order chi connectivity index (χ1) is 22.1. The van der Waals surface area contributed by atoms with Crippen molar-refractivity contribution in [3.05, 3.63) is 65.5 Å². The van der Waals surface area contributed by atoms with E-state index < -0.39 is 17.0 Å². The molecule has 0 aliphatic carbocycles. The molecule has 47 heavy (non-hydrogen) atoms. The van der Waals surface area contributed by atoms with Crippen LogP contribution in [-0.4, -0.2) is 81.2 Å². The summed E-state index contributed by atoms with van der Waals surface area (Å²) < 4.78 is 28.7. The lowest BCUT2D eigenvalue weighted by Gasteiger charge is -2.29. The fourth-order valence-electron chi connectivity index (χ4n) is 5.70. The summed E-state index contributed by atoms with van der Waals surface area (Å²) in [6.07, 6.45) is 4.68. The van der Waals surface area contributed by atoms with E-state index >= 15 is 4.39 Å². The standard InChI is InChI=1S/C36H45FN6O4/c1-35(2,3)46-33(44)42-17-13-24(14-18-42)23-9-11-26(12-10-23)31-39-40-32(41(31)8)30-28(37)21-27(22-29(30)38-7)25-15-19-43(20-16-25)34(45)47-36(4,5)6/h9-13,15,21-22,38H,14,16-20H2,1-8H3. The SMILES string of the molecule is CNc1cc(C2=CCN(C(=O)OC(C)(C)C)CC2)cc(F)c1-c1nnc(-c2ccc(C3=CCN(C(=O)OC(C)(C)C)CC3)cc2)n1C. The van der Waals surface area contributed by atoms with Crippen molar-refractivity contribution >= 4 is 29.0 Å². The van der Waals surface area contributed by atoms with Crippen LogP contribution in [0.5, 0.6) is 0 Å². The van der Waals surface area contributed by atoms with Crippen molar-refractivity contribution < 1.29 is 23.5 Å². The molecular formula is C36H45FN6O4. The third-order valence-corrected chi connectivity index (χ3v) is 8.06. The number of aromatic nitrogens is 3. The molecule has 0 atom stereocenters. The molecule has 0 bridgehead atoms. The number of nitrogens with zero attached hydrogens (tertiary/aromatic N) is 5. The first kappa shape index (κ1) is 33.7. The summed E-state index contributed by atoms with van der Waals surface area (Å²) in [5, 5.41) is 12.0. The topological polar surface area (TPSA) is 102 Å². The molecular weight excluding hydrogens is 599 g/mol. The number of halogens is 1. The van der Waals surface area contributed by atoms with E-state index in [9.17, 15) is 9.59 Å². The van der Waals surface area contributed by atoms with Gasteiger partial charge in [-0.05, 0) is 88.8 Å². The van der Waals surface area contributed by atoms with Crippen LogP contribution >= 0.6 is 0 Å². The first-order valence-electron chi connectivity index (χ1n) is 16.0. The maximum Gasteiger partial charge on any atom is 0.410 e. The molecule has 0 radical (unpaired) electrons. The van der Waals surface area contributed by atoms with E-state index in [0.29, 0.717) is 55.5 Å². The number of carbonyl (C=O) groups is 2. The lowest BCUT2D eigenvalue weighted by atomic mass is 9.96. The van der Waals surface area contributed by atoms with Gasteiger partial charge in [-0.3, -0.25) is 0 Å². The maximum absolute atomic E-state index is 15.9. The number of rotatable bonds is 5. The predicted octanol–water partition coefficient (Wildman–Crippen LogP) is 7.38. The van der Waals surface area contributed by atoms with Crippen molar-refractivity contribution in [2.75, 3.05) is 38.5 Å². The molecule has 0 fully saturated rings. The van der Waals surface area contributed by atoms with Gasteiger partial charge in [-0.25, -0.2) is 14.0 Å². The van der Waals surface area contributed by atoms with E-state index in [1.54, 1.807) is 21.4 Å². The van der Waals surface area contributed by atoms with Crippen LogP contribution in [0.4, 0.5) is 19.7 Å². The van der Waals surface area contributed by atoms with Crippen molar-refractivity contribution in [2.45, 2.75) is 65.6 Å².